The van der Waals surface area contributed by atoms with Gasteiger partial charge in [-0.25, -0.2) is 14.5 Å². The van der Waals surface area contributed by atoms with Gasteiger partial charge in [0.15, 0.2) is 16.5 Å². The SMILES string of the molecule is CCON=C(C(=O)N[C@@H]1C(=O)N2C(C(=O)[O-])=C(Cn3ccc4nccn43)CS[C@@H]12)c1csc(N)n1.[Na+]. The van der Waals surface area contributed by atoms with Crippen molar-refractivity contribution >= 4 is 57.4 Å². The summed E-state index contributed by atoms with van der Waals surface area (Å²) in [5, 5.41) is 19.7. The van der Waals surface area contributed by atoms with Gasteiger partial charge in [0.25, 0.3) is 11.8 Å². The van der Waals surface area contributed by atoms with Crippen LogP contribution < -0.4 is 45.7 Å². The van der Waals surface area contributed by atoms with Crippen molar-refractivity contribution in [3.05, 3.63) is 47.0 Å². The Balaban J connectivity index is 0.00000304. The van der Waals surface area contributed by atoms with Crippen molar-refractivity contribution in [1.82, 2.24) is 29.4 Å². The van der Waals surface area contributed by atoms with Crippen molar-refractivity contribution in [2.45, 2.75) is 24.9 Å². The summed E-state index contributed by atoms with van der Waals surface area (Å²) >= 11 is 2.49. The number of nitrogens with two attached hydrogens (primary N) is 1. The number of rotatable bonds is 8. The Bertz CT molecular complexity index is 1400. The number of carbonyl (C=O) groups is 3. The summed E-state index contributed by atoms with van der Waals surface area (Å²) < 4.78 is 3.57. The number of hydrogen-bond acceptors (Lipinski definition) is 11. The maximum absolute atomic E-state index is 13.0. The van der Waals surface area contributed by atoms with Gasteiger partial charge >= 0.3 is 29.6 Å². The number of carboxylic acids is 1. The van der Waals surface area contributed by atoms with Crippen molar-refractivity contribution in [1.29, 1.82) is 0 Å². The number of nitrogens with zero attached hydrogens (tertiary/aromatic N) is 6. The first-order valence-electron chi connectivity index (χ1n) is 10.5. The van der Waals surface area contributed by atoms with Gasteiger partial charge in [0, 0.05) is 35.8 Å². The Kier molecular flexibility index (Phi) is 7.75. The normalized spacial score (nSPS) is 19.5. The number of fused-ring (bicyclic) bond motifs is 2. The Morgan fingerprint density at radius 2 is 2.19 bits per heavy atom. The van der Waals surface area contributed by atoms with Crippen molar-refractivity contribution in [2.75, 3.05) is 18.1 Å². The number of amides is 2. The van der Waals surface area contributed by atoms with Crippen LogP contribution in [0.4, 0.5) is 5.13 Å². The molecule has 2 atom stereocenters. The number of nitrogen functional groups attached to an aromatic ring is 1. The van der Waals surface area contributed by atoms with E-state index in [9.17, 15) is 19.5 Å². The van der Waals surface area contributed by atoms with E-state index in [1.807, 2.05) is 0 Å². The predicted octanol–water partition coefficient (Wildman–Crippen LogP) is -3.98. The molecule has 2 amide bonds. The van der Waals surface area contributed by atoms with Crippen LogP contribution in [0.25, 0.3) is 5.65 Å². The molecule has 1 fully saturated rings. The fraction of sp³-hybridized carbons (Fsp3) is 0.300. The van der Waals surface area contributed by atoms with E-state index in [1.54, 1.807) is 46.2 Å². The van der Waals surface area contributed by atoms with E-state index in [4.69, 9.17) is 10.6 Å². The average molecular weight is 539 g/mol. The molecule has 0 aliphatic carbocycles. The molecule has 2 aliphatic rings. The number of thioether (sulfide) groups is 1. The minimum atomic E-state index is -1.45. The summed E-state index contributed by atoms with van der Waals surface area (Å²) in [6, 6.07) is 0.855. The van der Waals surface area contributed by atoms with E-state index in [0.717, 1.165) is 17.0 Å². The van der Waals surface area contributed by atoms with Gasteiger partial charge in [0.2, 0.25) is 0 Å². The number of thiazole rings is 1. The fourth-order valence-corrected chi connectivity index (χ4v) is 5.81. The standard InChI is InChI=1S/C20H20N8O5S2.Na/c1-2-33-25-13(11-9-35-20(21)23-11)16(29)24-14-17(30)28-15(19(31)32)10(8-34-18(14)28)7-26-5-3-12-22-4-6-27(12)26;/h3-6,9,14,18H,2,7-8H2,1H3,(H2,21,23)(H,24,29)(H,31,32);/q;+1/p-1/t14-,18+;/m1./s1. The van der Waals surface area contributed by atoms with E-state index >= 15 is 0 Å². The van der Waals surface area contributed by atoms with Crippen molar-refractivity contribution in [3.8, 4) is 0 Å². The van der Waals surface area contributed by atoms with Gasteiger partial charge in [-0.2, -0.15) is 0 Å². The Hall–Kier alpha value is -2.85. The maximum atomic E-state index is 13.0. The van der Waals surface area contributed by atoms with Crippen LogP contribution in [0.5, 0.6) is 0 Å². The third kappa shape index (κ3) is 4.64. The molecule has 2 aliphatic heterocycles. The molecule has 36 heavy (non-hydrogen) atoms. The molecule has 5 rings (SSSR count). The van der Waals surface area contributed by atoms with Gasteiger partial charge in [-0.15, -0.1) is 23.1 Å². The number of carbonyl (C=O) groups excluding carboxylic acids is 3. The Morgan fingerprint density at radius 1 is 1.39 bits per heavy atom. The summed E-state index contributed by atoms with van der Waals surface area (Å²) in [5.41, 5.74) is 6.82. The Morgan fingerprint density at radius 3 is 2.89 bits per heavy atom. The molecule has 16 heteroatoms. The molecule has 0 bridgehead atoms. The number of hydrogen-bond donors (Lipinski definition) is 2. The van der Waals surface area contributed by atoms with E-state index < -0.39 is 29.2 Å². The maximum Gasteiger partial charge on any atom is 1.00 e. The molecule has 0 aromatic carbocycles. The van der Waals surface area contributed by atoms with Gasteiger partial charge in [-0.3, -0.25) is 19.2 Å². The smallest absolute Gasteiger partial charge is 0.543 e. The molecule has 0 radical (unpaired) electrons. The fourth-order valence-electron chi connectivity index (χ4n) is 3.93. The van der Waals surface area contributed by atoms with Crippen LogP contribution >= 0.6 is 23.1 Å². The summed E-state index contributed by atoms with van der Waals surface area (Å²) in [6.45, 7) is 2.16. The van der Waals surface area contributed by atoms with Gasteiger partial charge in [-0.1, -0.05) is 5.16 Å². The first-order valence-corrected chi connectivity index (χ1v) is 12.4. The molecular formula is C20H19N8NaO5S2. The first kappa shape index (κ1) is 26.2. The second-order valence-corrected chi connectivity index (χ2v) is 9.57. The van der Waals surface area contributed by atoms with E-state index in [-0.39, 0.29) is 64.9 Å². The summed E-state index contributed by atoms with van der Waals surface area (Å²) in [4.78, 5) is 52.4. The predicted molar refractivity (Wildman–Crippen MR) is 125 cm³/mol. The van der Waals surface area contributed by atoms with Crippen molar-refractivity contribution in [3.63, 3.8) is 0 Å². The second-order valence-electron chi connectivity index (χ2n) is 7.57. The number of anilines is 1. The van der Waals surface area contributed by atoms with Gasteiger partial charge < -0.3 is 25.8 Å². The quantitative estimate of drug-likeness (QED) is 0.126. The van der Waals surface area contributed by atoms with Crippen LogP contribution in [0.1, 0.15) is 12.6 Å². The second kappa shape index (κ2) is 10.6. The van der Waals surface area contributed by atoms with E-state index in [1.165, 1.54) is 16.7 Å². The zero-order chi connectivity index (χ0) is 24.7. The van der Waals surface area contributed by atoms with Crippen molar-refractivity contribution in [2.24, 2.45) is 5.16 Å². The zero-order valence-corrected chi connectivity index (χ0v) is 22.9. The monoisotopic (exact) mass is 538 g/mol. The Labute approximate surface area is 234 Å². The molecule has 3 aromatic rings. The molecule has 0 saturated carbocycles. The van der Waals surface area contributed by atoms with Gasteiger partial charge in [0.05, 0.1) is 18.2 Å². The molecule has 3 N–H and O–H groups in total. The zero-order valence-electron chi connectivity index (χ0n) is 19.3. The summed E-state index contributed by atoms with van der Waals surface area (Å²) in [7, 11) is 0. The van der Waals surface area contributed by atoms with Crippen LogP contribution in [-0.4, -0.2) is 71.3 Å². The third-order valence-electron chi connectivity index (χ3n) is 5.47. The third-order valence-corrected chi connectivity index (χ3v) is 7.48. The molecule has 182 valence electrons. The first-order chi connectivity index (χ1) is 16.9. The minimum absolute atomic E-state index is 0. The molecular weight excluding hydrogens is 519 g/mol. The number of β-lactam (4-membered cyclic amide) rings is 1. The van der Waals surface area contributed by atoms with Crippen LogP contribution in [0.2, 0.25) is 0 Å². The number of carboxylic acid groups (broad SMARTS) is 1. The number of aromatic nitrogens is 4. The largest absolute Gasteiger partial charge is 1.00 e. The van der Waals surface area contributed by atoms with E-state index in [2.05, 4.69) is 20.4 Å². The molecule has 3 aromatic heterocycles. The van der Waals surface area contributed by atoms with Crippen LogP contribution in [-0.2, 0) is 25.8 Å². The number of oxime groups is 1. The van der Waals surface area contributed by atoms with Gasteiger partial charge in [0.1, 0.15) is 23.7 Å². The number of nitrogens with one attached hydrogen (secondary N) is 1. The van der Waals surface area contributed by atoms with Gasteiger partial charge in [-0.05, 0) is 12.5 Å². The molecule has 0 unspecified atom stereocenters. The minimum Gasteiger partial charge on any atom is -0.543 e. The summed E-state index contributed by atoms with van der Waals surface area (Å²) in [5.74, 6) is -2.35. The van der Waals surface area contributed by atoms with Crippen molar-refractivity contribution < 1.29 is 53.9 Å². The van der Waals surface area contributed by atoms with E-state index in [0.29, 0.717) is 11.3 Å². The summed E-state index contributed by atoms with van der Waals surface area (Å²) in [6.07, 6.45) is 5.18. The number of imidazole rings is 1. The van der Waals surface area contributed by atoms with Crippen LogP contribution in [0.15, 0.2) is 46.5 Å². The molecule has 5 heterocycles. The molecule has 0 spiro atoms. The number of aliphatic carboxylic acids is 1. The van der Waals surface area contributed by atoms with Crippen LogP contribution in [0, 0.1) is 0 Å². The topological polar surface area (TPSA) is 172 Å². The molecule has 13 nitrogen and oxygen atoms in total. The average Bonchev–Trinajstić information content (AvgIpc) is 3.56. The molecule has 1 saturated heterocycles. The van der Waals surface area contributed by atoms with Crippen LogP contribution in [0.3, 0.4) is 0 Å².